The van der Waals surface area contributed by atoms with Crippen LogP contribution in [-0.4, -0.2) is 28.4 Å². The number of pyridine rings is 1. The predicted octanol–water partition coefficient (Wildman–Crippen LogP) is 4.47. The molecule has 0 unspecified atom stereocenters. The van der Waals surface area contributed by atoms with Gasteiger partial charge in [0.1, 0.15) is 0 Å². The van der Waals surface area contributed by atoms with Crippen molar-refractivity contribution in [2.24, 2.45) is 0 Å². The Morgan fingerprint density at radius 1 is 0.893 bits per heavy atom. The van der Waals surface area contributed by atoms with Crippen molar-refractivity contribution in [3.8, 4) is 0 Å². The SMILES string of the molecule is c1cc(Nc2nnc(Cc3ccncc3)c3ccccc23)cc(C2COC2)c1. The summed E-state index contributed by atoms with van der Waals surface area (Å²) in [5.41, 5.74) is 4.45. The van der Waals surface area contributed by atoms with Crippen molar-refractivity contribution in [1.82, 2.24) is 15.2 Å². The van der Waals surface area contributed by atoms with E-state index in [4.69, 9.17) is 4.74 Å². The monoisotopic (exact) mass is 368 g/mol. The maximum atomic E-state index is 5.32. The van der Waals surface area contributed by atoms with E-state index in [9.17, 15) is 0 Å². The molecule has 1 fully saturated rings. The van der Waals surface area contributed by atoms with Gasteiger partial charge in [0.25, 0.3) is 0 Å². The van der Waals surface area contributed by atoms with Crippen LogP contribution in [0.25, 0.3) is 10.8 Å². The van der Waals surface area contributed by atoms with Gasteiger partial charge in [-0.2, -0.15) is 5.10 Å². The Labute approximate surface area is 163 Å². The molecule has 0 atom stereocenters. The third kappa shape index (κ3) is 3.32. The van der Waals surface area contributed by atoms with Gasteiger partial charge in [0.2, 0.25) is 0 Å². The summed E-state index contributed by atoms with van der Waals surface area (Å²) in [5, 5.41) is 14.7. The van der Waals surface area contributed by atoms with Gasteiger partial charge in [0.15, 0.2) is 5.82 Å². The zero-order chi connectivity index (χ0) is 18.8. The Morgan fingerprint density at radius 2 is 1.71 bits per heavy atom. The quantitative estimate of drug-likeness (QED) is 0.563. The van der Waals surface area contributed by atoms with Gasteiger partial charge in [-0.15, -0.1) is 5.10 Å². The molecule has 1 N–H and O–H groups in total. The molecule has 1 saturated heterocycles. The molecule has 0 radical (unpaired) electrons. The summed E-state index contributed by atoms with van der Waals surface area (Å²) in [6.07, 6.45) is 4.34. The molecule has 2 aromatic heterocycles. The second kappa shape index (κ2) is 7.37. The number of hydrogen-bond donors (Lipinski definition) is 1. The van der Waals surface area contributed by atoms with Gasteiger partial charge in [0.05, 0.1) is 18.9 Å². The lowest BCUT2D eigenvalue weighted by molar-refractivity contribution is 0.00845. The van der Waals surface area contributed by atoms with Gasteiger partial charge in [-0.25, -0.2) is 0 Å². The molecule has 0 saturated carbocycles. The molecule has 0 amide bonds. The molecule has 0 bridgehead atoms. The van der Waals surface area contributed by atoms with E-state index < -0.39 is 0 Å². The number of rotatable bonds is 5. The number of nitrogens with one attached hydrogen (secondary N) is 1. The van der Waals surface area contributed by atoms with Gasteiger partial charge in [-0.1, -0.05) is 36.4 Å². The second-order valence-electron chi connectivity index (χ2n) is 7.06. The van der Waals surface area contributed by atoms with Gasteiger partial charge in [-0.05, 0) is 35.4 Å². The molecule has 3 heterocycles. The highest BCUT2D eigenvalue weighted by Gasteiger charge is 2.20. The van der Waals surface area contributed by atoms with Crippen LogP contribution in [0.3, 0.4) is 0 Å². The highest BCUT2D eigenvalue weighted by molar-refractivity contribution is 5.94. The molecule has 5 rings (SSSR count). The Morgan fingerprint density at radius 3 is 2.50 bits per heavy atom. The summed E-state index contributed by atoms with van der Waals surface area (Å²) < 4.78 is 5.32. The first-order valence-electron chi connectivity index (χ1n) is 9.45. The molecule has 138 valence electrons. The van der Waals surface area contributed by atoms with Crippen molar-refractivity contribution < 1.29 is 4.74 Å². The lowest BCUT2D eigenvalue weighted by atomic mass is 9.97. The van der Waals surface area contributed by atoms with Crippen LogP contribution in [0, 0.1) is 0 Å². The molecule has 0 spiro atoms. The number of ether oxygens (including phenoxy) is 1. The van der Waals surface area contributed by atoms with E-state index in [-0.39, 0.29) is 0 Å². The average molecular weight is 368 g/mol. The summed E-state index contributed by atoms with van der Waals surface area (Å²) >= 11 is 0. The van der Waals surface area contributed by atoms with Gasteiger partial charge in [0, 0.05) is 41.2 Å². The Kier molecular flexibility index (Phi) is 4.43. The van der Waals surface area contributed by atoms with E-state index in [0.29, 0.717) is 5.92 Å². The third-order valence-corrected chi connectivity index (χ3v) is 5.14. The van der Waals surface area contributed by atoms with E-state index in [2.05, 4.69) is 56.9 Å². The van der Waals surface area contributed by atoms with Crippen molar-refractivity contribution in [3.63, 3.8) is 0 Å². The van der Waals surface area contributed by atoms with Crippen LogP contribution in [-0.2, 0) is 11.2 Å². The highest BCUT2D eigenvalue weighted by Crippen LogP contribution is 2.29. The fraction of sp³-hybridized carbons (Fsp3) is 0.174. The lowest BCUT2D eigenvalue weighted by Gasteiger charge is -2.26. The van der Waals surface area contributed by atoms with Crippen LogP contribution >= 0.6 is 0 Å². The number of hydrogen-bond acceptors (Lipinski definition) is 5. The Bertz CT molecular complexity index is 1110. The minimum absolute atomic E-state index is 0.493. The highest BCUT2D eigenvalue weighted by atomic mass is 16.5. The van der Waals surface area contributed by atoms with Crippen LogP contribution in [0.4, 0.5) is 11.5 Å². The number of aromatic nitrogens is 3. The molecular weight excluding hydrogens is 348 g/mol. The van der Waals surface area contributed by atoms with E-state index in [1.807, 2.05) is 24.3 Å². The van der Waals surface area contributed by atoms with Crippen LogP contribution in [0.5, 0.6) is 0 Å². The largest absolute Gasteiger partial charge is 0.380 e. The first kappa shape index (κ1) is 16.8. The zero-order valence-corrected chi connectivity index (χ0v) is 15.4. The topological polar surface area (TPSA) is 59.9 Å². The van der Waals surface area contributed by atoms with Crippen LogP contribution < -0.4 is 5.32 Å². The summed E-state index contributed by atoms with van der Waals surface area (Å²) in [7, 11) is 0. The van der Waals surface area contributed by atoms with Crippen molar-refractivity contribution >= 4 is 22.3 Å². The van der Waals surface area contributed by atoms with Crippen molar-refractivity contribution in [2.75, 3.05) is 18.5 Å². The molecule has 1 aliphatic rings. The van der Waals surface area contributed by atoms with Gasteiger partial charge < -0.3 is 10.1 Å². The van der Waals surface area contributed by atoms with E-state index in [1.54, 1.807) is 12.4 Å². The molecule has 5 nitrogen and oxygen atoms in total. The van der Waals surface area contributed by atoms with E-state index in [0.717, 1.165) is 47.6 Å². The minimum Gasteiger partial charge on any atom is -0.380 e. The Hall–Kier alpha value is -3.31. The fourth-order valence-corrected chi connectivity index (χ4v) is 3.51. The first-order valence-corrected chi connectivity index (χ1v) is 9.45. The predicted molar refractivity (Wildman–Crippen MR) is 110 cm³/mol. The summed E-state index contributed by atoms with van der Waals surface area (Å²) in [6.45, 7) is 1.60. The number of anilines is 2. The summed E-state index contributed by atoms with van der Waals surface area (Å²) in [4.78, 5) is 4.09. The lowest BCUT2D eigenvalue weighted by Crippen LogP contribution is -2.24. The smallest absolute Gasteiger partial charge is 0.160 e. The average Bonchev–Trinajstić information content (AvgIpc) is 2.70. The fourth-order valence-electron chi connectivity index (χ4n) is 3.51. The number of fused-ring (bicyclic) bond motifs is 1. The van der Waals surface area contributed by atoms with Gasteiger partial charge >= 0.3 is 0 Å². The van der Waals surface area contributed by atoms with Crippen LogP contribution in [0.15, 0.2) is 73.1 Å². The Balaban J connectivity index is 1.48. The second-order valence-corrected chi connectivity index (χ2v) is 7.06. The number of benzene rings is 2. The molecular formula is C23H20N4O. The third-order valence-electron chi connectivity index (χ3n) is 5.14. The van der Waals surface area contributed by atoms with E-state index in [1.165, 1.54) is 11.1 Å². The van der Waals surface area contributed by atoms with E-state index >= 15 is 0 Å². The molecule has 0 aliphatic carbocycles. The van der Waals surface area contributed by atoms with Crippen molar-refractivity contribution in [2.45, 2.75) is 12.3 Å². The molecule has 28 heavy (non-hydrogen) atoms. The summed E-state index contributed by atoms with van der Waals surface area (Å²) in [6, 6.07) is 20.8. The van der Waals surface area contributed by atoms with Crippen molar-refractivity contribution in [1.29, 1.82) is 0 Å². The molecule has 2 aromatic carbocycles. The maximum absolute atomic E-state index is 5.32. The molecule has 1 aliphatic heterocycles. The normalized spacial score (nSPS) is 14.0. The maximum Gasteiger partial charge on any atom is 0.160 e. The molecule has 5 heteroatoms. The number of nitrogens with zero attached hydrogens (tertiary/aromatic N) is 3. The van der Waals surface area contributed by atoms with Crippen LogP contribution in [0.1, 0.15) is 22.7 Å². The van der Waals surface area contributed by atoms with Crippen LogP contribution in [0.2, 0.25) is 0 Å². The molecule has 4 aromatic rings. The zero-order valence-electron chi connectivity index (χ0n) is 15.4. The standard InChI is InChI=1S/C23H20N4O/c1-2-7-21-20(6-1)22(12-16-8-10-24-11-9-16)26-27-23(21)25-19-5-3-4-17(13-19)18-14-28-15-18/h1-11,13,18H,12,14-15H2,(H,25,27). The summed E-state index contributed by atoms with van der Waals surface area (Å²) in [5.74, 6) is 1.27. The van der Waals surface area contributed by atoms with Crippen molar-refractivity contribution in [3.05, 3.63) is 89.9 Å². The minimum atomic E-state index is 0.493. The van der Waals surface area contributed by atoms with Gasteiger partial charge in [-0.3, -0.25) is 4.98 Å². The first-order chi connectivity index (χ1) is 13.9.